The second-order valence-corrected chi connectivity index (χ2v) is 7.17. The lowest BCUT2D eigenvalue weighted by Gasteiger charge is -2.19. The molecular formula is C22H22N2O2S. The number of anilines is 1. The molecule has 0 aliphatic heterocycles. The van der Waals surface area contributed by atoms with Crippen LogP contribution in [0.2, 0.25) is 0 Å². The number of nitrogens with zero attached hydrogens (tertiary/aromatic N) is 1. The first-order valence-electron chi connectivity index (χ1n) is 8.88. The van der Waals surface area contributed by atoms with Gasteiger partial charge in [-0.3, -0.25) is 9.59 Å². The van der Waals surface area contributed by atoms with Crippen LogP contribution in [0.3, 0.4) is 0 Å². The highest BCUT2D eigenvalue weighted by Crippen LogP contribution is 2.18. The summed E-state index contributed by atoms with van der Waals surface area (Å²) in [7, 11) is 2.03. The van der Waals surface area contributed by atoms with Crippen molar-refractivity contribution in [3.05, 3.63) is 88.1 Å². The van der Waals surface area contributed by atoms with Crippen molar-refractivity contribution in [2.75, 3.05) is 25.0 Å². The van der Waals surface area contributed by atoms with Gasteiger partial charge in [0.15, 0.2) is 0 Å². The fraction of sp³-hybridized carbons (Fsp3) is 0.182. The maximum atomic E-state index is 12.6. The molecule has 1 amide bonds. The number of carbonyl (C=O) groups is 2. The Morgan fingerprint density at radius 1 is 0.926 bits per heavy atom. The SMILES string of the molecule is CN(CCCNC(=O)c1ccccc1C(=O)c1cccs1)c1ccccc1. The van der Waals surface area contributed by atoms with E-state index in [2.05, 4.69) is 22.3 Å². The number of ketones is 1. The summed E-state index contributed by atoms with van der Waals surface area (Å²) in [5, 5.41) is 4.79. The highest BCUT2D eigenvalue weighted by Gasteiger charge is 2.18. The summed E-state index contributed by atoms with van der Waals surface area (Å²) in [6.45, 7) is 1.39. The molecule has 0 saturated heterocycles. The van der Waals surface area contributed by atoms with Crippen LogP contribution >= 0.6 is 11.3 Å². The smallest absolute Gasteiger partial charge is 0.252 e. The van der Waals surface area contributed by atoms with Gasteiger partial charge in [-0.05, 0) is 36.1 Å². The highest BCUT2D eigenvalue weighted by molar-refractivity contribution is 7.12. The van der Waals surface area contributed by atoms with Gasteiger partial charge in [0.25, 0.3) is 5.91 Å². The standard InChI is InChI=1S/C22H22N2O2S/c1-24(17-9-3-2-4-10-17)15-8-14-23-22(26)19-12-6-5-11-18(19)21(25)20-13-7-16-27-20/h2-7,9-13,16H,8,14-15H2,1H3,(H,23,26). The van der Waals surface area contributed by atoms with Gasteiger partial charge < -0.3 is 10.2 Å². The summed E-state index contributed by atoms with van der Waals surface area (Å²) in [5.74, 6) is -0.322. The van der Waals surface area contributed by atoms with Crippen LogP contribution in [0.15, 0.2) is 72.1 Å². The van der Waals surface area contributed by atoms with Gasteiger partial charge in [0.2, 0.25) is 5.78 Å². The van der Waals surface area contributed by atoms with Crippen LogP contribution in [0.25, 0.3) is 0 Å². The van der Waals surface area contributed by atoms with Crippen molar-refractivity contribution in [2.24, 2.45) is 0 Å². The Labute approximate surface area is 163 Å². The van der Waals surface area contributed by atoms with E-state index in [0.717, 1.165) is 18.7 Å². The third-order valence-electron chi connectivity index (χ3n) is 4.31. The van der Waals surface area contributed by atoms with Crippen molar-refractivity contribution in [3.8, 4) is 0 Å². The molecule has 0 aliphatic rings. The zero-order chi connectivity index (χ0) is 19.1. The molecule has 138 valence electrons. The summed E-state index contributed by atoms with van der Waals surface area (Å²) in [4.78, 5) is 28.0. The van der Waals surface area contributed by atoms with Crippen molar-refractivity contribution in [3.63, 3.8) is 0 Å². The molecule has 3 rings (SSSR count). The summed E-state index contributed by atoms with van der Waals surface area (Å²) < 4.78 is 0. The topological polar surface area (TPSA) is 49.4 Å². The van der Waals surface area contributed by atoms with Crippen molar-refractivity contribution in [1.82, 2.24) is 5.32 Å². The van der Waals surface area contributed by atoms with E-state index in [0.29, 0.717) is 22.5 Å². The quantitative estimate of drug-likeness (QED) is 0.471. The molecule has 0 radical (unpaired) electrons. The van der Waals surface area contributed by atoms with E-state index in [-0.39, 0.29) is 11.7 Å². The number of thiophene rings is 1. The summed E-state index contributed by atoms with van der Waals surface area (Å²) in [6, 6.07) is 20.7. The van der Waals surface area contributed by atoms with Crippen molar-refractivity contribution in [1.29, 1.82) is 0 Å². The molecule has 0 atom stereocenters. The molecular weight excluding hydrogens is 356 g/mol. The summed E-state index contributed by atoms with van der Waals surface area (Å²) in [5.41, 5.74) is 2.02. The van der Waals surface area contributed by atoms with Gasteiger partial charge in [-0.25, -0.2) is 0 Å². The minimum Gasteiger partial charge on any atom is -0.375 e. The maximum Gasteiger partial charge on any atom is 0.252 e. The molecule has 0 fully saturated rings. The Morgan fingerprint density at radius 2 is 1.63 bits per heavy atom. The number of para-hydroxylation sites is 1. The lowest BCUT2D eigenvalue weighted by Crippen LogP contribution is -2.29. The molecule has 27 heavy (non-hydrogen) atoms. The van der Waals surface area contributed by atoms with Gasteiger partial charge in [0.1, 0.15) is 0 Å². The number of amides is 1. The van der Waals surface area contributed by atoms with Crippen LogP contribution < -0.4 is 10.2 Å². The van der Waals surface area contributed by atoms with Gasteiger partial charge in [-0.2, -0.15) is 0 Å². The number of benzene rings is 2. The second-order valence-electron chi connectivity index (χ2n) is 6.22. The van der Waals surface area contributed by atoms with E-state index < -0.39 is 0 Å². The second kappa shape index (κ2) is 9.14. The molecule has 0 saturated carbocycles. The van der Waals surface area contributed by atoms with Gasteiger partial charge in [0.05, 0.1) is 10.4 Å². The molecule has 5 heteroatoms. The molecule has 0 bridgehead atoms. The number of rotatable bonds is 8. The van der Waals surface area contributed by atoms with Crippen LogP contribution in [0, 0.1) is 0 Å². The predicted molar refractivity (Wildman–Crippen MR) is 111 cm³/mol. The van der Waals surface area contributed by atoms with Gasteiger partial charge in [-0.15, -0.1) is 11.3 Å². The van der Waals surface area contributed by atoms with Gasteiger partial charge in [0, 0.05) is 31.4 Å². The Hall–Kier alpha value is -2.92. The molecule has 0 spiro atoms. The Morgan fingerprint density at radius 3 is 2.33 bits per heavy atom. The third-order valence-corrected chi connectivity index (χ3v) is 5.18. The van der Waals surface area contributed by atoms with E-state index in [1.165, 1.54) is 11.3 Å². The molecule has 1 heterocycles. The number of nitrogens with one attached hydrogen (secondary N) is 1. The lowest BCUT2D eigenvalue weighted by molar-refractivity contribution is 0.0942. The zero-order valence-electron chi connectivity index (χ0n) is 15.2. The summed E-state index contributed by atoms with van der Waals surface area (Å²) >= 11 is 1.38. The first-order chi connectivity index (χ1) is 13.2. The fourth-order valence-corrected chi connectivity index (χ4v) is 3.52. The molecule has 3 aromatic rings. The summed E-state index contributed by atoms with van der Waals surface area (Å²) in [6.07, 6.45) is 0.818. The van der Waals surface area contributed by atoms with Crippen LogP contribution in [-0.4, -0.2) is 31.8 Å². The van der Waals surface area contributed by atoms with E-state index in [1.807, 2.05) is 36.7 Å². The first kappa shape index (κ1) is 18.9. The Balaban J connectivity index is 1.56. The van der Waals surface area contributed by atoms with E-state index in [9.17, 15) is 9.59 Å². The van der Waals surface area contributed by atoms with Crippen LogP contribution in [0.5, 0.6) is 0 Å². The lowest BCUT2D eigenvalue weighted by atomic mass is 10.0. The maximum absolute atomic E-state index is 12.6. The van der Waals surface area contributed by atoms with Crippen LogP contribution in [0.1, 0.15) is 32.0 Å². The Kier molecular flexibility index (Phi) is 6.39. The molecule has 0 unspecified atom stereocenters. The fourth-order valence-electron chi connectivity index (χ4n) is 2.84. The van der Waals surface area contributed by atoms with Crippen molar-refractivity contribution >= 4 is 28.7 Å². The van der Waals surface area contributed by atoms with E-state index in [1.54, 1.807) is 30.3 Å². The zero-order valence-corrected chi connectivity index (χ0v) is 16.0. The van der Waals surface area contributed by atoms with E-state index >= 15 is 0 Å². The molecule has 1 N–H and O–H groups in total. The highest BCUT2D eigenvalue weighted by atomic mass is 32.1. The average Bonchev–Trinajstić information content (AvgIpc) is 3.26. The predicted octanol–water partition coefficient (Wildman–Crippen LogP) is 4.24. The minimum absolute atomic E-state index is 0.112. The third kappa shape index (κ3) is 4.83. The monoisotopic (exact) mass is 378 g/mol. The Bertz CT molecular complexity index is 892. The minimum atomic E-state index is -0.210. The van der Waals surface area contributed by atoms with Crippen molar-refractivity contribution in [2.45, 2.75) is 6.42 Å². The molecule has 1 aromatic heterocycles. The van der Waals surface area contributed by atoms with Crippen LogP contribution in [0.4, 0.5) is 5.69 Å². The average molecular weight is 378 g/mol. The number of hydrogen-bond donors (Lipinski definition) is 1. The molecule has 4 nitrogen and oxygen atoms in total. The van der Waals surface area contributed by atoms with Crippen molar-refractivity contribution < 1.29 is 9.59 Å². The molecule has 2 aromatic carbocycles. The van der Waals surface area contributed by atoms with Crippen LogP contribution in [-0.2, 0) is 0 Å². The molecule has 0 aliphatic carbocycles. The number of hydrogen-bond acceptors (Lipinski definition) is 4. The number of carbonyl (C=O) groups excluding carboxylic acids is 2. The van der Waals surface area contributed by atoms with E-state index in [4.69, 9.17) is 0 Å². The first-order valence-corrected chi connectivity index (χ1v) is 9.76. The van der Waals surface area contributed by atoms with Gasteiger partial charge in [-0.1, -0.05) is 42.5 Å². The normalized spacial score (nSPS) is 10.4. The van der Waals surface area contributed by atoms with Gasteiger partial charge >= 0.3 is 0 Å². The largest absolute Gasteiger partial charge is 0.375 e.